The minimum absolute atomic E-state index is 0.833. The molecule has 0 aromatic heterocycles. The summed E-state index contributed by atoms with van der Waals surface area (Å²) in [4.78, 5) is 2.24. The van der Waals surface area contributed by atoms with Crippen molar-refractivity contribution in [3.8, 4) is 0 Å². The average molecular weight is 210 g/mol. The molecule has 0 aliphatic heterocycles. The third-order valence-electron chi connectivity index (χ3n) is 2.15. The van der Waals surface area contributed by atoms with E-state index in [1.165, 1.54) is 17.9 Å². The Kier molecular flexibility index (Phi) is 4.66. The molecule has 3 heteroatoms. The number of hydrogen-bond donors (Lipinski definition) is 1. The first-order valence-corrected chi connectivity index (χ1v) is 6.19. The predicted molar refractivity (Wildman–Crippen MR) is 67.1 cm³/mol. The highest BCUT2D eigenvalue weighted by atomic mass is 32.2. The maximum absolute atomic E-state index is 5.72. The van der Waals surface area contributed by atoms with Crippen LogP contribution >= 0.6 is 11.8 Å². The van der Waals surface area contributed by atoms with E-state index in [9.17, 15) is 0 Å². The molecule has 1 rings (SSSR count). The molecule has 0 atom stereocenters. The minimum Gasteiger partial charge on any atom is -0.399 e. The average Bonchev–Trinajstić information content (AvgIpc) is 2.18. The van der Waals surface area contributed by atoms with Gasteiger partial charge in [0.2, 0.25) is 0 Å². The van der Waals surface area contributed by atoms with Gasteiger partial charge in [-0.1, -0.05) is 6.07 Å². The molecule has 0 aliphatic rings. The van der Waals surface area contributed by atoms with Crippen LogP contribution in [0.1, 0.15) is 6.42 Å². The van der Waals surface area contributed by atoms with Gasteiger partial charge in [0.1, 0.15) is 0 Å². The van der Waals surface area contributed by atoms with Gasteiger partial charge in [-0.05, 0) is 36.6 Å². The number of anilines is 2. The number of nitrogen functional groups attached to an aromatic ring is 1. The van der Waals surface area contributed by atoms with Crippen molar-refractivity contribution in [1.82, 2.24) is 0 Å². The van der Waals surface area contributed by atoms with Crippen LogP contribution in [0.2, 0.25) is 0 Å². The Bertz CT molecular complexity index is 276. The zero-order chi connectivity index (χ0) is 10.4. The van der Waals surface area contributed by atoms with Gasteiger partial charge in [-0.2, -0.15) is 11.8 Å². The third kappa shape index (κ3) is 3.50. The van der Waals surface area contributed by atoms with Crippen molar-refractivity contribution in [1.29, 1.82) is 0 Å². The molecular formula is C11H18N2S. The van der Waals surface area contributed by atoms with Crippen LogP contribution in [0.5, 0.6) is 0 Å². The second-order valence-corrected chi connectivity index (χ2v) is 4.35. The lowest BCUT2D eigenvalue weighted by Crippen LogP contribution is -2.18. The van der Waals surface area contributed by atoms with Crippen LogP contribution < -0.4 is 10.6 Å². The molecule has 2 N–H and O–H groups in total. The van der Waals surface area contributed by atoms with Gasteiger partial charge < -0.3 is 10.6 Å². The topological polar surface area (TPSA) is 29.3 Å². The van der Waals surface area contributed by atoms with Crippen molar-refractivity contribution >= 4 is 23.1 Å². The summed E-state index contributed by atoms with van der Waals surface area (Å²) < 4.78 is 0. The van der Waals surface area contributed by atoms with E-state index in [-0.39, 0.29) is 0 Å². The molecule has 0 aliphatic carbocycles. The van der Waals surface area contributed by atoms with Crippen molar-refractivity contribution < 1.29 is 0 Å². The van der Waals surface area contributed by atoms with E-state index in [4.69, 9.17) is 5.73 Å². The van der Waals surface area contributed by atoms with Crippen LogP contribution in [-0.4, -0.2) is 25.6 Å². The number of nitrogens with zero attached hydrogens (tertiary/aromatic N) is 1. The Balaban J connectivity index is 2.47. The first-order chi connectivity index (χ1) is 6.74. The van der Waals surface area contributed by atoms with Gasteiger partial charge in [0, 0.05) is 25.0 Å². The van der Waals surface area contributed by atoms with E-state index in [2.05, 4.69) is 24.3 Å². The summed E-state index contributed by atoms with van der Waals surface area (Å²) in [5.41, 5.74) is 7.75. The molecule has 0 amide bonds. The number of benzene rings is 1. The fraction of sp³-hybridized carbons (Fsp3) is 0.455. The van der Waals surface area contributed by atoms with E-state index in [1.807, 2.05) is 30.0 Å². The van der Waals surface area contributed by atoms with Gasteiger partial charge in [0.15, 0.2) is 0 Å². The van der Waals surface area contributed by atoms with Gasteiger partial charge in [-0.25, -0.2) is 0 Å². The number of thioether (sulfide) groups is 1. The first-order valence-electron chi connectivity index (χ1n) is 4.79. The van der Waals surface area contributed by atoms with Gasteiger partial charge >= 0.3 is 0 Å². The monoisotopic (exact) mass is 210 g/mol. The molecule has 1 aromatic carbocycles. The van der Waals surface area contributed by atoms with Crippen LogP contribution in [0.4, 0.5) is 11.4 Å². The fourth-order valence-corrected chi connectivity index (χ4v) is 1.76. The van der Waals surface area contributed by atoms with Gasteiger partial charge in [-0.15, -0.1) is 0 Å². The largest absolute Gasteiger partial charge is 0.399 e. The van der Waals surface area contributed by atoms with Crippen molar-refractivity contribution in [3.05, 3.63) is 24.3 Å². The molecule has 0 saturated heterocycles. The summed E-state index contributed by atoms with van der Waals surface area (Å²) in [6.45, 7) is 1.09. The molecule has 0 bridgehead atoms. The van der Waals surface area contributed by atoms with E-state index in [0.29, 0.717) is 0 Å². The summed E-state index contributed by atoms with van der Waals surface area (Å²) in [6.07, 6.45) is 3.35. The standard InChI is InChI=1S/C11H18N2S/c1-13(7-4-8-14-2)11-6-3-5-10(12)9-11/h3,5-6,9H,4,7-8,12H2,1-2H3. The lowest BCUT2D eigenvalue weighted by atomic mass is 10.2. The molecule has 0 radical (unpaired) electrons. The predicted octanol–water partition coefficient (Wildman–Crippen LogP) is 2.46. The lowest BCUT2D eigenvalue weighted by molar-refractivity contribution is 0.860. The molecule has 1 aromatic rings. The molecule has 0 fully saturated rings. The molecule has 0 unspecified atom stereocenters. The highest BCUT2D eigenvalue weighted by Gasteiger charge is 1.99. The van der Waals surface area contributed by atoms with Gasteiger partial charge in [0.25, 0.3) is 0 Å². The van der Waals surface area contributed by atoms with Crippen LogP contribution in [0, 0.1) is 0 Å². The lowest BCUT2D eigenvalue weighted by Gasteiger charge is -2.19. The summed E-state index contributed by atoms with van der Waals surface area (Å²) in [7, 11) is 2.11. The highest BCUT2D eigenvalue weighted by Crippen LogP contribution is 2.16. The maximum atomic E-state index is 5.72. The van der Waals surface area contributed by atoms with Crippen molar-refractivity contribution in [2.75, 3.05) is 36.2 Å². The number of hydrogen-bond acceptors (Lipinski definition) is 3. The Hall–Kier alpha value is -0.830. The molecule has 78 valence electrons. The molecular weight excluding hydrogens is 192 g/mol. The second kappa shape index (κ2) is 5.81. The van der Waals surface area contributed by atoms with E-state index in [0.717, 1.165) is 12.2 Å². The summed E-state index contributed by atoms with van der Waals surface area (Å²) >= 11 is 1.89. The van der Waals surface area contributed by atoms with Crippen LogP contribution in [0.15, 0.2) is 24.3 Å². The minimum atomic E-state index is 0.833. The van der Waals surface area contributed by atoms with Crippen LogP contribution in [-0.2, 0) is 0 Å². The van der Waals surface area contributed by atoms with Crippen molar-refractivity contribution in [3.63, 3.8) is 0 Å². The third-order valence-corrected chi connectivity index (χ3v) is 2.85. The van der Waals surface area contributed by atoms with E-state index >= 15 is 0 Å². The first kappa shape index (κ1) is 11.2. The molecule has 0 saturated carbocycles. The zero-order valence-electron chi connectivity index (χ0n) is 8.86. The van der Waals surface area contributed by atoms with Gasteiger partial charge in [-0.3, -0.25) is 0 Å². The summed E-state index contributed by atoms with van der Waals surface area (Å²) in [5.74, 6) is 1.21. The van der Waals surface area contributed by atoms with E-state index in [1.54, 1.807) is 0 Å². The summed E-state index contributed by atoms with van der Waals surface area (Å²) in [6, 6.07) is 8.02. The normalized spacial score (nSPS) is 10.1. The van der Waals surface area contributed by atoms with Crippen LogP contribution in [0.3, 0.4) is 0 Å². The maximum Gasteiger partial charge on any atom is 0.0384 e. The smallest absolute Gasteiger partial charge is 0.0384 e. The highest BCUT2D eigenvalue weighted by molar-refractivity contribution is 7.98. The molecule has 14 heavy (non-hydrogen) atoms. The Labute approximate surface area is 90.5 Å². The Morgan fingerprint density at radius 3 is 2.86 bits per heavy atom. The quantitative estimate of drug-likeness (QED) is 0.598. The molecule has 0 heterocycles. The fourth-order valence-electron chi connectivity index (χ4n) is 1.34. The SMILES string of the molecule is CSCCCN(C)c1cccc(N)c1. The Morgan fingerprint density at radius 1 is 1.43 bits per heavy atom. The number of rotatable bonds is 5. The second-order valence-electron chi connectivity index (χ2n) is 3.36. The summed E-state index contributed by atoms with van der Waals surface area (Å²) in [5, 5.41) is 0. The zero-order valence-corrected chi connectivity index (χ0v) is 9.68. The molecule has 0 spiro atoms. The Morgan fingerprint density at radius 2 is 2.21 bits per heavy atom. The van der Waals surface area contributed by atoms with E-state index < -0.39 is 0 Å². The van der Waals surface area contributed by atoms with Gasteiger partial charge in [0.05, 0.1) is 0 Å². The van der Waals surface area contributed by atoms with Crippen molar-refractivity contribution in [2.24, 2.45) is 0 Å². The van der Waals surface area contributed by atoms with Crippen molar-refractivity contribution in [2.45, 2.75) is 6.42 Å². The molecule has 2 nitrogen and oxygen atoms in total. The van der Waals surface area contributed by atoms with Crippen LogP contribution in [0.25, 0.3) is 0 Å². The number of nitrogens with two attached hydrogens (primary N) is 1.